The molecule has 0 aromatic rings. The molecule has 0 fully saturated rings. The Kier molecular flexibility index (Phi) is 5.95. The van der Waals surface area contributed by atoms with Gasteiger partial charge in [-0.3, -0.25) is 4.79 Å². The predicted molar refractivity (Wildman–Crippen MR) is 70.6 cm³/mol. The summed E-state index contributed by atoms with van der Waals surface area (Å²) >= 11 is 0. The van der Waals surface area contributed by atoms with Crippen LogP contribution in [0.1, 0.15) is 54.9 Å². The first kappa shape index (κ1) is 15.4. The summed E-state index contributed by atoms with van der Waals surface area (Å²) < 4.78 is 0. The van der Waals surface area contributed by atoms with E-state index in [9.17, 15) is 4.79 Å². The minimum absolute atomic E-state index is 0.0603. The molecular weight excluding hydrogens is 198 g/mol. The molecule has 0 radical (unpaired) electrons. The van der Waals surface area contributed by atoms with Gasteiger partial charge in [0.25, 0.3) is 0 Å². The number of nitrogens with one attached hydrogen (secondary N) is 1. The number of hydrogen-bond acceptors (Lipinski definition) is 2. The molecule has 1 N–H and O–H groups in total. The van der Waals surface area contributed by atoms with E-state index >= 15 is 0 Å². The van der Waals surface area contributed by atoms with Crippen molar-refractivity contribution >= 4 is 5.78 Å². The monoisotopic (exact) mass is 225 g/mol. The lowest BCUT2D eigenvalue weighted by Gasteiger charge is -2.26. The van der Waals surface area contributed by atoms with Gasteiger partial charge in [-0.2, -0.15) is 0 Å². The SMILES string of the molecule is CC(C)=CC[C@H](NC(C)C)C(=O)C(C)(C)C. The van der Waals surface area contributed by atoms with Crippen LogP contribution in [0.4, 0.5) is 0 Å². The second-order valence-electron chi connectivity index (χ2n) is 6.01. The highest BCUT2D eigenvalue weighted by Gasteiger charge is 2.28. The van der Waals surface area contributed by atoms with Gasteiger partial charge < -0.3 is 5.32 Å². The van der Waals surface area contributed by atoms with Crippen LogP contribution < -0.4 is 5.32 Å². The first-order chi connectivity index (χ1) is 7.14. The standard InChI is InChI=1S/C14H27NO/c1-10(2)8-9-12(15-11(3)4)13(16)14(5,6)7/h8,11-12,15H,9H2,1-7H3/t12-/m0/s1. The van der Waals surface area contributed by atoms with Crippen LogP contribution in [-0.2, 0) is 4.79 Å². The quantitative estimate of drug-likeness (QED) is 0.727. The maximum absolute atomic E-state index is 12.2. The largest absolute Gasteiger partial charge is 0.305 e. The number of carbonyl (C=O) groups is 1. The van der Waals surface area contributed by atoms with Crippen LogP contribution in [0.15, 0.2) is 11.6 Å². The van der Waals surface area contributed by atoms with Gasteiger partial charge in [0.1, 0.15) is 0 Å². The Bertz CT molecular complexity index is 254. The van der Waals surface area contributed by atoms with Crippen LogP contribution in [0.2, 0.25) is 0 Å². The van der Waals surface area contributed by atoms with Gasteiger partial charge in [0.2, 0.25) is 0 Å². The molecule has 0 saturated carbocycles. The molecule has 0 bridgehead atoms. The smallest absolute Gasteiger partial charge is 0.155 e. The summed E-state index contributed by atoms with van der Waals surface area (Å²) in [6.45, 7) is 14.2. The lowest BCUT2D eigenvalue weighted by atomic mass is 9.85. The summed E-state index contributed by atoms with van der Waals surface area (Å²) in [7, 11) is 0. The van der Waals surface area contributed by atoms with Gasteiger partial charge in [0, 0.05) is 11.5 Å². The molecule has 0 rings (SSSR count). The van der Waals surface area contributed by atoms with E-state index < -0.39 is 0 Å². The van der Waals surface area contributed by atoms with Crippen LogP contribution in [-0.4, -0.2) is 17.9 Å². The van der Waals surface area contributed by atoms with Gasteiger partial charge in [0.05, 0.1) is 6.04 Å². The Labute approximate surface area is 101 Å². The summed E-state index contributed by atoms with van der Waals surface area (Å²) in [5.41, 5.74) is 0.986. The van der Waals surface area contributed by atoms with Gasteiger partial charge >= 0.3 is 0 Å². The molecule has 0 spiro atoms. The van der Waals surface area contributed by atoms with Crippen molar-refractivity contribution in [1.29, 1.82) is 0 Å². The first-order valence-corrected chi connectivity index (χ1v) is 6.08. The average Bonchev–Trinajstić information content (AvgIpc) is 2.08. The number of hydrogen-bond donors (Lipinski definition) is 1. The van der Waals surface area contributed by atoms with Crippen molar-refractivity contribution in [2.45, 2.75) is 67.0 Å². The molecule has 0 amide bonds. The summed E-state index contributed by atoms with van der Waals surface area (Å²) in [5, 5.41) is 3.35. The summed E-state index contributed by atoms with van der Waals surface area (Å²) in [6.07, 6.45) is 2.92. The highest BCUT2D eigenvalue weighted by Crippen LogP contribution is 2.19. The van der Waals surface area contributed by atoms with Crippen molar-refractivity contribution < 1.29 is 4.79 Å². The Morgan fingerprint density at radius 3 is 2.06 bits per heavy atom. The van der Waals surface area contributed by atoms with E-state index in [0.29, 0.717) is 11.8 Å². The summed E-state index contributed by atoms with van der Waals surface area (Å²) in [5.74, 6) is 0.290. The Hall–Kier alpha value is -0.630. The average molecular weight is 225 g/mol. The van der Waals surface area contributed by atoms with E-state index in [1.165, 1.54) is 5.57 Å². The van der Waals surface area contributed by atoms with E-state index in [2.05, 4.69) is 39.1 Å². The Balaban J connectivity index is 4.67. The van der Waals surface area contributed by atoms with Crippen LogP contribution in [0.3, 0.4) is 0 Å². The maximum atomic E-state index is 12.2. The summed E-state index contributed by atoms with van der Waals surface area (Å²) in [4.78, 5) is 12.2. The van der Waals surface area contributed by atoms with Crippen molar-refractivity contribution in [3.05, 3.63) is 11.6 Å². The van der Waals surface area contributed by atoms with Gasteiger partial charge in [-0.1, -0.05) is 46.3 Å². The van der Waals surface area contributed by atoms with Crippen molar-refractivity contribution in [2.75, 3.05) is 0 Å². The second-order valence-corrected chi connectivity index (χ2v) is 6.01. The van der Waals surface area contributed by atoms with Crippen LogP contribution >= 0.6 is 0 Å². The van der Waals surface area contributed by atoms with Crippen LogP contribution in [0.5, 0.6) is 0 Å². The normalized spacial score (nSPS) is 13.8. The van der Waals surface area contributed by atoms with Crippen molar-refractivity contribution in [3.8, 4) is 0 Å². The molecule has 0 aliphatic carbocycles. The zero-order valence-corrected chi connectivity index (χ0v) is 11.8. The molecule has 0 aliphatic heterocycles. The molecule has 0 aromatic heterocycles. The lowest BCUT2D eigenvalue weighted by molar-refractivity contribution is -0.128. The fourth-order valence-corrected chi connectivity index (χ4v) is 1.53. The van der Waals surface area contributed by atoms with Crippen LogP contribution in [0.25, 0.3) is 0 Å². The molecule has 0 aliphatic rings. The highest BCUT2D eigenvalue weighted by molar-refractivity contribution is 5.88. The fourth-order valence-electron chi connectivity index (χ4n) is 1.53. The predicted octanol–water partition coefficient (Wildman–Crippen LogP) is 3.32. The zero-order chi connectivity index (χ0) is 12.9. The van der Waals surface area contributed by atoms with E-state index in [-0.39, 0.29) is 11.5 Å². The third kappa shape index (κ3) is 6.06. The van der Waals surface area contributed by atoms with E-state index in [1.807, 2.05) is 20.8 Å². The summed E-state index contributed by atoms with van der Waals surface area (Å²) in [6, 6.07) is 0.275. The molecule has 94 valence electrons. The number of ketones is 1. The molecule has 1 atom stereocenters. The Morgan fingerprint density at radius 1 is 1.25 bits per heavy atom. The van der Waals surface area contributed by atoms with E-state index in [1.54, 1.807) is 0 Å². The molecule has 2 heteroatoms. The van der Waals surface area contributed by atoms with Crippen molar-refractivity contribution in [1.82, 2.24) is 5.32 Å². The van der Waals surface area contributed by atoms with Gasteiger partial charge in [0.15, 0.2) is 5.78 Å². The zero-order valence-electron chi connectivity index (χ0n) is 11.8. The van der Waals surface area contributed by atoms with Gasteiger partial charge in [-0.05, 0) is 20.3 Å². The van der Waals surface area contributed by atoms with Crippen molar-refractivity contribution in [2.24, 2.45) is 5.41 Å². The van der Waals surface area contributed by atoms with E-state index in [0.717, 1.165) is 6.42 Å². The second kappa shape index (κ2) is 6.19. The van der Waals surface area contributed by atoms with Crippen LogP contribution in [0, 0.1) is 5.41 Å². The molecule has 0 saturated heterocycles. The minimum Gasteiger partial charge on any atom is -0.305 e. The molecule has 2 nitrogen and oxygen atoms in total. The maximum Gasteiger partial charge on any atom is 0.155 e. The third-order valence-electron chi connectivity index (χ3n) is 2.35. The Morgan fingerprint density at radius 2 is 1.75 bits per heavy atom. The topological polar surface area (TPSA) is 29.1 Å². The number of allylic oxidation sites excluding steroid dienone is 1. The highest BCUT2D eigenvalue weighted by atomic mass is 16.1. The lowest BCUT2D eigenvalue weighted by Crippen LogP contribution is -2.45. The molecule has 0 aromatic carbocycles. The first-order valence-electron chi connectivity index (χ1n) is 6.08. The minimum atomic E-state index is -0.276. The molecule has 0 heterocycles. The van der Waals surface area contributed by atoms with E-state index in [4.69, 9.17) is 0 Å². The number of rotatable bonds is 5. The molecule has 16 heavy (non-hydrogen) atoms. The number of Topliss-reactive ketones (excluding diaryl/α,β-unsaturated/α-hetero) is 1. The molecule has 0 unspecified atom stereocenters. The van der Waals surface area contributed by atoms with Crippen molar-refractivity contribution in [3.63, 3.8) is 0 Å². The fraction of sp³-hybridized carbons (Fsp3) is 0.786. The van der Waals surface area contributed by atoms with Gasteiger partial charge in [-0.25, -0.2) is 0 Å². The van der Waals surface area contributed by atoms with Gasteiger partial charge in [-0.15, -0.1) is 0 Å². The number of carbonyl (C=O) groups excluding carboxylic acids is 1. The molecular formula is C14H27NO. The third-order valence-corrected chi connectivity index (χ3v) is 2.35.